The molecule has 0 radical (unpaired) electrons. The molecule has 0 saturated heterocycles. The van der Waals surface area contributed by atoms with Gasteiger partial charge >= 0.3 is 6.09 Å². The quantitative estimate of drug-likeness (QED) is 0.667. The minimum Gasteiger partial charge on any atom is -0.465 e. The molecule has 76 valence electrons. The molecule has 5 nitrogen and oxygen atoms in total. The number of hydrogen-bond donors (Lipinski definition) is 3. The first-order valence-electron chi connectivity index (χ1n) is 4.08. The summed E-state index contributed by atoms with van der Waals surface area (Å²) in [6.07, 6.45) is 0.226. The molecule has 0 spiro atoms. The van der Waals surface area contributed by atoms with E-state index in [1.165, 1.54) is 6.20 Å². The summed E-state index contributed by atoms with van der Waals surface area (Å²) in [5.41, 5.74) is -0.138. The van der Waals surface area contributed by atoms with Gasteiger partial charge in [-0.3, -0.25) is 10.3 Å². The number of rotatable bonds is 2. The molecule has 0 aromatic carbocycles. The molecule has 1 heterocycles. The van der Waals surface area contributed by atoms with Crippen molar-refractivity contribution in [3.63, 3.8) is 0 Å². The highest BCUT2D eigenvalue weighted by Gasteiger charge is 2.16. The summed E-state index contributed by atoms with van der Waals surface area (Å²) in [5.74, 6) is 0. The molecule has 1 rings (SSSR count). The molecule has 1 amide bonds. The Kier molecular flexibility index (Phi) is 2.71. The Morgan fingerprint density at radius 3 is 2.50 bits per heavy atom. The molecule has 0 aliphatic carbocycles. The van der Waals surface area contributed by atoms with Crippen LogP contribution >= 0.6 is 0 Å². The van der Waals surface area contributed by atoms with Crippen molar-refractivity contribution >= 4 is 11.8 Å². The third-order valence-electron chi connectivity index (χ3n) is 1.64. The van der Waals surface area contributed by atoms with E-state index in [2.05, 4.69) is 10.3 Å². The van der Waals surface area contributed by atoms with Gasteiger partial charge in [0.1, 0.15) is 5.60 Å². The third-order valence-corrected chi connectivity index (χ3v) is 1.64. The van der Waals surface area contributed by atoms with Crippen LogP contribution in [0.5, 0.6) is 0 Å². The first kappa shape index (κ1) is 10.5. The second-order valence-corrected chi connectivity index (χ2v) is 3.42. The number of amides is 1. The summed E-state index contributed by atoms with van der Waals surface area (Å²) < 4.78 is 0. The first-order valence-corrected chi connectivity index (χ1v) is 4.08. The van der Waals surface area contributed by atoms with Crippen LogP contribution in [-0.2, 0) is 5.60 Å². The normalized spacial score (nSPS) is 11.1. The van der Waals surface area contributed by atoms with Gasteiger partial charge in [-0.2, -0.15) is 0 Å². The lowest BCUT2D eigenvalue weighted by Gasteiger charge is -2.16. The number of carboxylic acid groups (broad SMARTS) is 1. The standard InChI is InChI=1S/C9H12N2O3/c1-9(2,14)7-4-3-6(5-10-7)11-8(12)13/h3-5,11,14H,1-2H3,(H,12,13). The van der Waals surface area contributed by atoms with E-state index < -0.39 is 11.7 Å². The first-order chi connectivity index (χ1) is 6.39. The van der Waals surface area contributed by atoms with Gasteiger partial charge in [-0.1, -0.05) is 0 Å². The number of hydrogen-bond acceptors (Lipinski definition) is 3. The van der Waals surface area contributed by atoms with Crippen LogP contribution in [0.15, 0.2) is 18.3 Å². The maximum Gasteiger partial charge on any atom is 0.409 e. The topological polar surface area (TPSA) is 82.5 Å². The van der Waals surface area contributed by atoms with Gasteiger partial charge in [0.2, 0.25) is 0 Å². The zero-order chi connectivity index (χ0) is 10.8. The lowest BCUT2D eigenvalue weighted by Crippen LogP contribution is -2.17. The fourth-order valence-corrected chi connectivity index (χ4v) is 0.953. The van der Waals surface area contributed by atoms with Gasteiger partial charge in [0.15, 0.2) is 0 Å². The van der Waals surface area contributed by atoms with Crippen LogP contribution in [0.3, 0.4) is 0 Å². The molecule has 1 aromatic rings. The summed E-state index contributed by atoms with van der Waals surface area (Å²) in [4.78, 5) is 14.2. The Labute approximate surface area is 81.4 Å². The van der Waals surface area contributed by atoms with E-state index in [-0.39, 0.29) is 0 Å². The number of nitrogens with one attached hydrogen (secondary N) is 1. The van der Waals surface area contributed by atoms with Crippen molar-refractivity contribution in [3.8, 4) is 0 Å². The van der Waals surface area contributed by atoms with E-state index in [0.29, 0.717) is 11.4 Å². The van der Waals surface area contributed by atoms with Gasteiger partial charge in [-0.25, -0.2) is 4.79 Å². The van der Waals surface area contributed by atoms with Crippen LogP contribution in [0.4, 0.5) is 10.5 Å². The van der Waals surface area contributed by atoms with Crippen LogP contribution in [0.1, 0.15) is 19.5 Å². The smallest absolute Gasteiger partial charge is 0.409 e. The van der Waals surface area contributed by atoms with Gasteiger partial charge in [-0.05, 0) is 26.0 Å². The van der Waals surface area contributed by atoms with Crippen molar-refractivity contribution in [1.29, 1.82) is 0 Å². The summed E-state index contributed by atoms with van der Waals surface area (Å²) >= 11 is 0. The highest BCUT2D eigenvalue weighted by Crippen LogP contribution is 2.18. The van der Waals surface area contributed by atoms with E-state index in [0.717, 1.165) is 0 Å². The second-order valence-electron chi connectivity index (χ2n) is 3.42. The Balaban J connectivity index is 2.84. The van der Waals surface area contributed by atoms with Crippen LogP contribution in [0, 0.1) is 0 Å². The summed E-state index contributed by atoms with van der Waals surface area (Å²) in [6.45, 7) is 3.22. The summed E-state index contributed by atoms with van der Waals surface area (Å²) in [7, 11) is 0. The van der Waals surface area contributed by atoms with Crippen molar-refractivity contribution in [2.75, 3.05) is 5.32 Å². The van der Waals surface area contributed by atoms with Crippen LogP contribution in [-0.4, -0.2) is 21.3 Å². The van der Waals surface area contributed by atoms with Gasteiger partial charge in [0, 0.05) is 0 Å². The lowest BCUT2D eigenvalue weighted by molar-refractivity contribution is 0.0739. The molecule has 3 N–H and O–H groups in total. The predicted molar refractivity (Wildman–Crippen MR) is 51.1 cm³/mol. The summed E-state index contributed by atoms with van der Waals surface area (Å²) in [5, 5.41) is 20.1. The van der Waals surface area contributed by atoms with Gasteiger partial charge in [-0.15, -0.1) is 0 Å². The van der Waals surface area contributed by atoms with E-state index in [4.69, 9.17) is 5.11 Å². The minimum absolute atomic E-state index is 0.380. The Bertz CT molecular complexity index is 327. The predicted octanol–water partition coefficient (Wildman–Crippen LogP) is 1.40. The largest absolute Gasteiger partial charge is 0.465 e. The van der Waals surface area contributed by atoms with Gasteiger partial charge < -0.3 is 10.2 Å². The Morgan fingerprint density at radius 2 is 2.14 bits per heavy atom. The zero-order valence-electron chi connectivity index (χ0n) is 7.98. The molecule has 0 bridgehead atoms. The molecule has 1 aromatic heterocycles. The van der Waals surface area contributed by atoms with Crippen molar-refractivity contribution in [2.45, 2.75) is 19.4 Å². The van der Waals surface area contributed by atoms with Crippen LogP contribution in [0.2, 0.25) is 0 Å². The average molecular weight is 196 g/mol. The molecule has 0 aliphatic rings. The highest BCUT2D eigenvalue weighted by atomic mass is 16.4. The van der Waals surface area contributed by atoms with Crippen molar-refractivity contribution in [1.82, 2.24) is 4.98 Å². The van der Waals surface area contributed by atoms with Gasteiger partial charge in [0.05, 0.1) is 17.6 Å². The number of aliphatic hydroxyl groups is 1. The fourth-order valence-electron chi connectivity index (χ4n) is 0.953. The Hall–Kier alpha value is -1.62. The molecular formula is C9H12N2O3. The molecule has 0 saturated carbocycles. The molecular weight excluding hydrogens is 184 g/mol. The average Bonchev–Trinajstić information content (AvgIpc) is 2.02. The maximum absolute atomic E-state index is 10.3. The van der Waals surface area contributed by atoms with Crippen molar-refractivity contribution < 1.29 is 15.0 Å². The SMILES string of the molecule is CC(C)(O)c1ccc(NC(=O)O)cn1. The molecule has 0 aliphatic heterocycles. The maximum atomic E-state index is 10.3. The monoisotopic (exact) mass is 196 g/mol. The molecule has 0 atom stereocenters. The number of pyridine rings is 1. The second kappa shape index (κ2) is 3.63. The lowest BCUT2D eigenvalue weighted by atomic mass is 10.1. The third kappa shape index (κ3) is 2.70. The molecule has 14 heavy (non-hydrogen) atoms. The number of nitrogens with zero attached hydrogens (tertiary/aromatic N) is 1. The van der Waals surface area contributed by atoms with E-state index in [1.807, 2.05) is 0 Å². The van der Waals surface area contributed by atoms with E-state index >= 15 is 0 Å². The number of aromatic nitrogens is 1. The minimum atomic E-state index is -1.14. The van der Waals surface area contributed by atoms with Crippen LogP contribution in [0.25, 0.3) is 0 Å². The summed E-state index contributed by atoms with van der Waals surface area (Å²) in [6, 6.07) is 3.12. The molecule has 0 fully saturated rings. The van der Waals surface area contributed by atoms with Gasteiger partial charge in [0.25, 0.3) is 0 Å². The fraction of sp³-hybridized carbons (Fsp3) is 0.333. The number of anilines is 1. The molecule has 5 heteroatoms. The highest BCUT2D eigenvalue weighted by molar-refractivity contribution is 5.82. The van der Waals surface area contributed by atoms with Crippen LogP contribution < -0.4 is 5.32 Å². The van der Waals surface area contributed by atoms with E-state index in [9.17, 15) is 9.90 Å². The van der Waals surface area contributed by atoms with Crippen molar-refractivity contribution in [3.05, 3.63) is 24.0 Å². The zero-order valence-corrected chi connectivity index (χ0v) is 7.98. The Morgan fingerprint density at radius 1 is 1.50 bits per heavy atom. The van der Waals surface area contributed by atoms with Crippen molar-refractivity contribution in [2.24, 2.45) is 0 Å². The number of carbonyl (C=O) groups is 1. The molecule has 0 unspecified atom stereocenters. The van der Waals surface area contributed by atoms with E-state index in [1.54, 1.807) is 26.0 Å².